The molecule has 0 bridgehead atoms. The van der Waals surface area contributed by atoms with Gasteiger partial charge in [0, 0.05) is 12.0 Å². The minimum absolute atomic E-state index is 0.339. The van der Waals surface area contributed by atoms with Gasteiger partial charge >= 0.3 is 0 Å². The molecule has 1 aromatic rings. The number of aryl methyl sites for hydroxylation is 1. The second kappa shape index (κ2) is 3.14. The van der Waals surface area contributed by atoms with Gasteiger partial charge in [-0.15, -0.1) is 0 Å². The zero-order valence-electron chi connectivity index (χ0n) is 8.82. The first-order valence-corrected chi connectivity index (χ1v) is 5.41. The van der Waals surface area contributed by atoms with Crippen molar-refractivity contribution in [1.29, 1.82) is 0 Å². The molecule has 0 spiro atoms. The monoisotopic (exact) mass is 205 g/mol. The van der Waals surface area contributed by atoms with Gasteiger partial charge in [-0.05, 0) is 36.6 Å². The lowest BCUT2D eigenvalue weighted by molar-refractivity contribution is 0.171. The van der Waals surface area contributed by atoms with Gasteiger partial charge in [-0.2, -0.15) is 0 Å². The maximum absolute atomic E-state index is 5.87. The van der Waals surface area contributed by atoms with Crippen LogP contribution in [-0.2, 0) is 0 Å². The van der Waals surface area contributed by atoms with E-state index in [1.54, 1.807) is 0 Å². The van der Waals surface area contributed by atoms with Gasteiger partial charge in [0.1, 0.15) is 13.2 Å². The van der Waals surface area contributed by atoms with Crippen molar-refractivity contribution in [3.8, 4) is 11.5 Å². The van der Waals surface area contributed by atoms with E-state index in [1.165, 1.54) is 11.1 Å². The molecule has 2 aliphatic rings. The van der Waals surface area contributed by atoms with Crippen LogP contribution < -0.4 is 15.2 Å². The number of nitrogens with two attached hydrogens (primary N) is 1. The Labute approximate surface area is 89.2 Å². The lowest BCUT2D eigenvalue weighted by Gasteiger charge is -2.20. The van der Waals surface area contributed by atoms with Crippen LogP contribution in [0.1, 0.15) is 23.5 Å². The minimum Gasteiger partial charge on any atom is -0.486 e. The van der Waals surface area contributed by atoms with Crippen LogP contribution in [0.2, 0.25) is 0 Å². The second-order valence-corrected chi connectivity index (χ2v) is 4.36. The van der Waals surface area contributed by atoms with E-state index in [4.69, 9.17) is 15.2 Å². The van der Waals surface area contributed by atoms with Crippen LogP contribution in [0.4, 0.5) is 0 Å². The second-order valence-electron chi connectivity index (χ2n) is 4.36. The van der Waals surface area contributed by atoms with Gasteiger partial charge in [-0.3, -0.25) is 0 Å². The Bertz CT molecular complexity index is 403. The molecule has 3 heteroatoms. The molecular formula is C12H15NO2. The molecule has 1 fully saturated rings. The molecule has 0 aromatic heterocycles. The zero-order valence-corrected chi connectivity index (χ0v) is 8.82. The van der Waals surface area contributed by atoms with Gasteiger partial charge in [0.25, 0.3) is 0 Å². The van der Waals surface area contributed by atoms with Gasteiger partial charge in [0.2, 0.25) is 0 Å². The highest BCUT2D eigenvalue weighted by atomic mass is 16.6. The first kappa shape index (κ1) is 9.04. The predicted molar refractivity (Wildman–Crippen MR) is 57.5 cm³/mol. The molecule has 1 aliphatic carbocycles. The molecule has 80 valence electrons. The smallest absolute Gasteiger partial charge is 0.161 e. The largest absolute Gasteiger partial charge is 0.486 e. The van der Waals surface area contributed by atoms with Crippen LogP contribution in [0.25, 0.3) is 0 Å². The summed E-state index contributed by atoms with van der Waals surface area (Å²) in [6.07, 6.45) is 1.10. The molecule has 0 radical (unpaired) electrons. The molecule has 0 amide bonds. The topological polar surface area (TPSA) is 44.5 Å². The Morgan fingerprint density at radius 2 is 1.80 bits per heavy atom. The van der Waals surface area contributed by atoms with Crippen LogP contribution in [0, 0.1) is 6.92 Å². The van der Waals surface area contributed by atoms with Crippen molar-refractivity contribution in [3.05, 3.63) is 23.3 Å². The summed E-state index contributed by atoms with van der Waals surface area (Å²) in [6, 6.07) is 4.50. The molecule has 0 saturated heterocycles. The van der Waals surface area contributed by atoms with Crippen molar-refractivity contribution in [3.63, 3.8) is 0 Å². The average molecular weight is 205 g/mol. The molecule has 2 N–H and O–H groups in total. The molecule has 2 unspecified atom stereocenters. The Kier molecular flexibility index (Phi) is 1.89. The van der Waals surface area contributed by atoms with Gasteiger partial charge in [0.15, 0.2) is 11.5 Å². The number of fused-ring (bicyclic) bond motifs is 1. The predicted octanol–water partition coefficient (Wildman–Crippen LogP) is 1.58. The normalized spacial score (nSPS) is 27.6. The number of hydrogen-bond donors (Lipinski definition) is 1. The van der Waals surface area contributed by atoms with Crippen LogP contribution in [-0.4, -0.2) is 19.3 Å². The molecule has 1 saturated carbocycles. The van der Waals surface area contributed by atoms with E-state index in [0.717, 1.165) is 17.9 Å². The highest BCUT2D eigenvalue weighted by molar-refractivity contribution is 5.50. The number of rotatable bonds is 1. The Hall–Kier alpha value is -1.22. The lowest BCUT2D eigenvalue weighted by Crippen LogP contribution is -2.16. The summed E-state index contributed by atoms with van der Waals surface area (Å²) < 4.78 is 11.1. The van der Waals surface area contributed by atoms with E-state index in [9.17, 15) is 0 Å². The van der Waals surface area contributed by atoms with Gasteiger partial charge in [0.05, 0.1) is 0 Å². The first-order valence-electron chi connectivity index (χ1n) is 5.41. The third kappa shape index (κ3) is 1.47. The summed E-state index contributed by atoms with van der Waals surface area (Å²) in [6.45, 7) is 3.40. The number of hydrogen-bond acceptors (Lipinski definition) is 3. The lowest BCUT2D eigenvalue weighted by atomic mass is 10.0. The van der Waals surface area contributed by atoms with Gasteiger partial charge < -0.3 is 15.2 Å². The van der Waals surface area contributed by atoms with E-state index in [0.29, 0.717) is 25.2 Å². The first-order chi connectivity index (χ1) is 7.25. The third-order valence-electron chi connectivity index (χ3n) is 3.17. The van der Waals surface area contributed by atoms with Crippen molar-refractivity contribution in [1.82, 2.24) is 0 Å². The summed E-state index contributed by atoms with van der Waals surface area (Å²) >= 11 is 0. The van der Waals surface area contributed by atoms with Crippen LogP contribution in [0.3, 0.4) is 0 Å². The van der Waals surface area contributed by atoms with E-state index in [1.807, 2.05) is 0 Å². The summed E-state index contributed by atoms with van der Waals surface area (Å²) in [5.41, 5.74) is 8.46. The van der Waals surface area contributed by atoms with E-state index < -0.39 is 0 Å². The fourth-order valence-electron chi connectivity index (χ4n) is 2.18. The van der Waals surface area contributed by atoms with Crippen molar-refractivity contribution in [2.45, 2.75) is 25.3 Å². The quantitative estimate of drug-likeness (QED) is 0.757. The number of ether oxygens (including phenoxy) is 2. The molecule has 1 aliphatic heterocycles. The SMILES string of the molecule is Cc1cc2c(cc1C1CC1N)OCCO2. The molecule has 3 rings (SSSR count). The van der Waals surface area contributed by atoms with E-state index in [2.05, 4.69) is 19.1 Å². The Balaban J connectivity index is 2.01. The highest BCUT2D eigenvalue weighted by Gasteiger charge is 2.36. The highest BCUT2D eigenvalue weighted by Crippen LogP contribution is 2.44. The van der Waals surface area contributed by atoms with Crippen LogP contribution in [0.5, 0.6) is 11.5 Å². The zero-order chi connectivity index (χ0) is 10.4. The molecular weight excluding hydrogens is 190 g/mol. The molecule has 1 aromatic carbocycles. The molecule has 3 nitrogen and oxygen atoms in total. The molecule has 2 atom stereocenters. The van der Waals surface area contributed by atoms with Crippen molar-refractivity contribution in [2.24, 2.45) is 5.73 Å². The Morgan fingerprint density at radius 3 is 2.40 bits per heavy atom. The minimum atomic E-state index is 0.339. The van der Waals surface area contributed by atoms with Gasteiger partial charge in [-0.1, -0.05) is 0 Å². The van der Waals surface area contributed by atoms with Crippen LogP contribution in [0.15, 0.2) is 12.1 Å². The van der Waals surface area contributed by atoms with E-state index >= 15 is 0 Å². The van der Waals surface area contributed by atoms with Gasteiger partial charge in [-0.25, -0.2) is 0 Å². The summed E-state index contributed by atoms with van der Waals surface area (Å²) in [5, 5.41) is 0. The van der Waals surface area contributed by atoms with Crippen molar-refractivity contribution in [2.75, 3.05) is 13.2 Å². The van der Waals surface area contributed by atoms with Crippen molar-refractivity contribution < 1.29 is 9.47 Å². The molecule has 15 heavy (non-hydrogen) atoms. The van der Waals surface area contributed by atoms with Crippen molar-refractivity contribution >= 4 is 0 Å². The third-order valence-corrected chi connectivity index (χ3v) is 3.17. The molecule has 1 heterocycles. The fourth-order valence-corrected chi connectivity index (χ4v) is 2.18. The summed E-state index contributed by atoms with van der Waals surface area (Å²) in [5.74, 6) is 2.28. The maximum atomic E-state index is 5.87. The summed E-state index contributed by atoms with van der Waals surface area (Å²) in [7, 11) is 0. The Morgan fingerprint density at radius 1 is 1.20 bits per heavy atom. The van der Waals surface area contributed by atoms with Crippen LogP contribution >= 0.6 is 0 Å². The maximum Gasteiger partial charge on any atom is 0.161 e. The van der Waals surface area contributed by atoms with E-state index in [-0.39, 0.29) is 0 Å². The summed E-state index contributed by atoms with van der Waals surface area (Å²) in [4.78, 5) is 0. The number of benzene rings is 1. The standard InChI is InChI=1S/C12H15NO2/c1-7-4-11-12(15-3-2-14-11)6-8(7)9-5-10(9)13/h4,6,9-10H,2-3,5,13H2,1H3. The average Bonchev–Trinajstić information content (AvgIpc) is 2.94. The fraction of sp³-hybridized carbons (Fsp3) is 0.500.